The van der Waals surface area contributed by atoms with Crippen LogP contribution in [-0.2, 0) is 4.84 Å². The van der Waals surface area contributed by atoms with Gasteiger partial charge in [-0.1, -0.05) is 0 Å². The van der Waals surface area contributed by atoms with E-state index in [9.17, 15) is 4.79 Å². The van der Waals surface area contributed by atoms with E-state index in [1.807, 2.05) is 0 Å². The Balaban J connectivity index is 1.82. The van der Waals surface area contributed by atoms with Gasteiger partial charge in [0.05, 0.1) is 11.9 Å². The Morgan fingerprint density at radius 1 is 1.53 bits per heavy atom. The topological polar surface area (TPSA) is 80.5 Å². The number of nitrogens with one attached hydrogen (secondary N) is 1. The van der Waals surface area contributed by atoms with E-state index in [0.29, 0.717) is 11.5 Å². The number of pyridine rings is 1. The second kappa shape index (κ2) is 4.04. The van der Waals surface area contributed by atoms with Crippen LogP contribution in [0.3, 0.4) is 0 Å². The van der Waals surface area contributed by atoms with Crippen molar-refractivity contribution in [1.82, 2.24) is 9.88 Å². The molecule has 0 unspecified atom stereocenters. The molecule has 6 nitrogen and oxygen atoms in total. The third-order valence-corrected chi connectivity index (χ3v) is 2.16. The lowest BCUT2D eigenvalue weighted by Crippen LogP contribution is -2.43. The molecule has 1 aliphatic rings. The predicted molar refractivity (Wildman–Crippen MR) is 54.9 cm³/mol. The molecule has 0 spiro atoms. The van der Waals surface area contributed by atoms with Crippen LogP contribution >= 0.6 is 0 Å². The SMILES string of the molecule is Nc1ccc(NOC(=O)N2CCC2)cn1. The number of nitrogens with zero attached hydrogens (tertiary/aromatic N) is 2. The van der Waals surface area contributed by atoms with Crippen LogP contribution in [0.25, 0.3) is 0 Å². The summed E-state index contributed by atoms with van der Waals surface area (Å²) in [5, 5.41) is 0. The molecule has 1 saturated heterocycles. The fourth-order valence-corrected chi connectivity index (χ4v) is 1.13. The second-order valence-corrected chi connectivity index (χ2v) is 3.28. The zero-order valence-electron chi connectivity index (χ0n) is 8.14. The van der Waals surface area contributed by atoms with Crippen molar-refractivity contribution in [1.29, 1.82) is 0 Å². The number of nitrogens with two attached hydrogens (primary N) is 1. The van der Waals surface area contributed by atoms with Crippen molar-refractivity contribution in [2.75, 3.05) is 24.3 Å². The number of rotatable bonds is 2. The van der Waals surface area contributed by atoms with E-state index < -0.39 is 0 Å². The molecule has 0 atom stereocenters. The van der Waals surface area contributed by atoms with Crippen LogP contribution in [-0.4, -0.2) is 29.1 Å². The molecule has 15 heavy (non-hydrogen) atoms. The van der Waals surface area contributed by atoms with E-state index in [-0.39, 0.29) is 6.09 Å². The third kappa shape index (κ3) is 2.28. The minimum absolute atomic E-state index is 0.363. The molecule has 0 aliphatic carbocycles. The van der Waals surface area contributed by atoms with Crippen molar-refractivity contribution in [2.24, 2.45) is 0 Å². The van der Waals surface area contributed by atoms with Crippen LogP contribution in [0.15, 0.2) is 18.3 Å². The number of carbonyl (C=O) groups excluding carboxylic acids is 1. The first-order valence-electron chi connectivity index (χ1n) is 4.69. The van der Waals surface area contributed by atoms with Gasteiger partial charge in [-0.05, 0) is 18.6 Å². The van der Waals surface area contributed by atoms with Gasteiger partial charge in [0.15, 0.2) is 0 Å². The molecule has 2 heterocycles. The minimum atomic E-state index is -0.363. The largest absolute Gasteiger partial charge is 0.434 e. The summed E-state index contributed by atoms with van der Waals surface area (Å²) >= 11 is 0. The number of hydrogen-bond donors (Lipinski definition) is 2. The first-order chi connectivity index (χ1) is 7.25. The Morgan fingerprint density at radius 3 is 2.87 bits per heavy atom. The molecule has 1 aromatic heterocycles. The Hall–Kier alpha value is -1.98. The lowest BCUT2D eigenvalue weighted by Gasteiger charge is -2.29. The predicted octanol–water partition coefficient (Wildman–Crippen LogP) is 0.833. The molecule has 6 heteroatoms. The Kier molecular flexibility index (Phi) is 2.57. The van der Waals surface area contributed by atoms with Crippen LogP contribution in [0.5, 0.6) is 0 Å². The van der Waals surface area contributed by atoms with Gasteiger partial charge in [-0.2, -0.15) is 0 Å². The van der Waals surface area contributed by atoms with Crippen LogP contribution in [0.4, 0.5) is 16.3 Å². The van der Waals surface area contributed by atoms with Gasteiger partial charge < -0.3 is 15.5 Å². The Morgan fingerprint density at radius 2 is 2.33 bits per heavy atom. The maximum Gasteiger partial charge on any atom is 0.434 e. The van der Waals surface area contributed by atoms with Gasteiger partial charge in [-0.3, -0.25) is 0 Å². The lowest BCUT2D eigenvalue weighted by atomic mass is 10.2. The highest BCUT2D eigenvalue weighted by molar-refractivity contribution is 5.69. The normalized spacial score (nSPS) is 14.3. The fraction of sp³-hybridized carbons (Fsp3) is 0.333. The standard InChI is InChI=1S/C9H12N4O2/c10-8-3-2-7(6-11-8)12-15-9(14)13-4-1-5-13/h2-3,6,12H,1,4-5H2,(H2,10,11). The van der Waals surface area contributed by atoms with Crippen LogP contribution in [0, 0.1) is 0 Å². The highest BCUT2D eigenvalue weighted by Gasteiger charge is 2.21. The summed E-state index contributed by atoms with van der Waals surface area (Å²) in [5.41, 5.74) is 8.51. The minimum Gasteiger partial charge on any atom is -0.384 e. The molecule has 1 aliphatic heterocycles. The number of hydrogen-bond acceptors (Lipinski definition) is 5. The molecular formula is C9H12N4O2. The summed E-state index contributed by atoms with van der Waals surface area (Å²) in [6.45, 7) is 1.53. The Labute approximate surface area is 87.0 Å². The fourth-order valence-electron chi connectivity index (χ4n) is 1.13. The van der Waals surface area contributed by atoms with E-state index >= 15 is 0 Å². The molecule has 0 radical (unpaired) electrons. The molecule has 1 fully saturated rings. The van der Waals surface area contributed by atoms with Gasteiger partial charge in [0.25, 0.3) is 0 Å². The number of aromatic nitrogens is 1. The molecule has 3 N–H and O–H groups in total. The van der Waals surface area contributed by atoms with Gasteiger partial charge in [0.2, 0.25) is 0 Å². The van der Waals surface area contributed by atoms with Gasteiger partial charge in [-0.15, -0.1) is 0 Å². The van der Waals surface area contributed by atoms with E-state index in [2.05, 4.69) is 10.5 Å². The number of amides is 1. The van der Waals surface area contributed by atoms with E-state index in [4.69, 9.17) is 10.6 Å². The zero-order chi connectivity index (χ0) is 10.7. The van der Waals surface area contributed by atoms with Crippen molar-refractivity contribution >= 4 is 17.6 Å². The quantitative estimate of drug-likeness (QED) is 0.704. The maximum atomic E-state index is 11.3. The number of nitrogen functional groups attached to an aromatic ring is 1. The first kappa shape index (κ1) is 9.57. The van der Waals surface area contributed by atoms with E-state index in [1.165, 1.54) is 6.20 Å². The average Bonchev–Trinajstić information content (AvgIpc) is 2.14. The highest BCUT2D eigenvalue weighted by atomic mass is 16.7. The Bertz CT molecular complexity index is 348. The van der Waals surface area contributed by atoms with Crippen LogP contribution < -0.4 is 11.2 Å². The molecule has 2 rings (SSSR count). The van der Waals surface area contributed by atoms with Crippen molar-refractivity contribution in [3.63, 3.8) is 0 Å². The maximum absolute atomic E-state index is 11.3. The lowest BCUT2D eigenvalue weighted by molar-refractivity contribution is 0.0981. The van der Waals surface area contributed by atoms with E-state index in [0.717, 1.165) is 19.5 Å². The molecule has 80 valence electrons. The van der Waals surface area contributed by atoms with Crippen molar-refractivity contribution in [2.45, 2.75) is 6.42 Å². The van der Waals surface area contributed by atoms with Crippen molar-refractivity contribution in [3.05, 3.63) is 18.3 Å². The summed E-state index contributed by atoms with van der Waals surface area (Å²) in [4.78, 5) is 21.5. The highest BCUT2D eigenvalue weighted by Crippen LogP contribution is 2.10. The van der Waals surface area contributed by atoms with E-state index in [1.54, 1.807) is 17.0 Å². The number of carbonyl (C=O) groups is 1. The van der Waals surface area contributed by atoms with Gasteiger partial charge in [-0.25, -0.2) is 15.3 Å². The molecule has 1 amide bonds. The average molecular weight is 208 g/mol. The smallest absolute Gasteiger partial charge is 0.384 e. The monoisotopic (exact) mass is 208 g/mol. The second-order valence-electron chi connectivity index (χ2n) is 3.28. The van der Waals surface area contributed by atoms with Crippen molar-refractivity contribution in [3.8, 4) is 0 Å². The van der Waals surface area contributed by atoms with Crippen molar-refractivity contribution < 1.29 is 9.63 Å². The summed E-state index contributed by atoms with van der Waals surface area (Å²) < 4.78 is 0. The molecule has 0 saturated carbocycles. The molecule has 0 bridgehead atoms. The molecule has 0 aromatic carbocycles. The number of anilines is 2. The summed E-state index contributed by atoms with van der Waals surface area (Å²) in [7, 11) is 0. The summed E-state index contributed by atoms with van der Waals surface area (Å²) in [6, 6.07) is 3.31. The summed E-state index contributed by atoms with van der Waals surface area (Å²) in [6.07, 6.45) is 2.18. The first-order valence-corrected chi connectivity index (χ1v) is 4.69. The number of likely N-dealkylation sites (tertiary alicyclic amines) is 1. The zero-order valence-corrected chi connectivity index (χ0v) is 8.14. The van der Waals surface area contributed by atoms with Gasteiger partial charge in [0, 0.05) is 13.1 Å². The molecule has 1 aromatic rings. The van der Waals surface area contributed by atoms with Gasteiger partial charge in [0.1, 0.15) is 5.82 Å². The third-order valence-electron chi connectivity index (χ3n) is 2.16. The molecular weight excluding hydrogens is 196 g/mol. The van der Waals surface area contributed by atoms with Gasteiger partial charge >= 0.3 is 6.09 Å². The van der Waals surface area contributed by atoms with Crippen LogP contribution in [0.2, 0.25) is 0 Å². The summed E-state index contributed by atoms with van der Waals surface area (Å²) in [5.74, 6) is 0.426. The van der Waals surface area contributed by atoms with Crippen LogP contribution in [0.1, 0.15) is 6.42 Å².